The third kappa shape index (κ3) is 4.43. The highest BCUT2D eigenvalue weighted by Gasteiger charge is 2.09. The molecule has 18 heavy (non-hydrogen) atoms. The molecule has 1 aliphatic heterocycles. The lowest BCUT2D eigenvalue weighted by atomic mass is 10.2. The van der Waals surface area contributed by atoms with Crippen LogP contribution in [0, 0.1) is 5.82 Å². The van der Waals surface area contributed by atoms with Gasteiger partial charge in [0.05, 0.1) is 0 Å². The standard InChI is InChI=1S/C13H18ClFN2S/c14-12-2-1-11(13(15)9-12)10-16-3-4-17-5-7-18-8-6-17/h1-2,9,16H,3-8,10H2. The highest BCUT2D eigenvalue weighted by molar-refractivity contribution is 7.99. The molecule has 2 rings (SSSR count). The Morgan fingerprint density at radius 2 is 2.11 bits per heavy atom. The summed E-state index contributed by atoms with van der Waals surface area (Å²) in [7, 11) is 0. The minimum Gasteiger partial charge on any atom is -0.311 e. The van der Waals surface area contributed by atoms with Gasteiger partial charge in [0.2, 0.25) is 0 Å². The predicted molar refractivity (Wildman–Crippen MR) is 76.9 cm³/mol. The van der Waals surface area contributed by atoms with Gasteiger partial charge in [-0.05, 0) is 12.1 Å². The van der Waals surface area contributed by atoms with Crippen molar-refractivity contribution in [2.75, 3.05) is 37.7 Å². The van der Waals surface area contributed by atoms with Gasteiger partial charge in [-0.25, -0.2) is 4.39 Å². The summed E-state index contributed by atoms with van der Waals surface area (Å²) in [5.74, 6) is 2.22. The molecule has 1 saturated heterocycles. The minimum absolute atomic E-state index is 0.232. The first-order valence-electron chi connectivity index (χ1n) is 6.20. The Labute approximate surface area is 117 Å². The Hall–Kier alpha value is -0.290. The number of thioether (sulfide) groups is 1. The topological polar surface area (TPSA) is 15.3 Å². The van der Waals surface area contributed by atoms with E-state index in [2.05, 4.69) is 10.2 Å². The van der Waals surface area contributed by atoms with Gasteiger partial charge in [-0.1, -0.05) is 17.7 Å². The van der Waals surface area contributed by atoms with Crippen LogP contribution in [0.15, 0.2) is 18.2 Å². The lowest BCUT2D eigenvalue weighted by Crippen LogP contribution is -2.37. The van der Waals surface area contributed by atoms with Gasteiger partial charge in [-0.2, -0.15) is 11.8 Å². The summed E-state index contributed by atoms with van der Waals surface area (Å²) in [6.45, 7) is 4.83. The van der Waals surface area contributed by atoms with Crippen LogP contribution in [0.3, 0.4) is 0 Å². The van der Waals surface area contributed by atoms with E-state index in [1.807, 2.05) is 11.8 Å². The molecule has 0 radical (unpaired) electrons. The molecule has 1 aromatic rings. The van der Waals surface area contributed by atoms with Crippen molar-refractivity contribution in [3.8, 4) is 0 Å². The lowest BCUT2D eigenvalue weighted by molar-refractivity contribution is 0.301. The number of halogens is 2. The Balaban J connectivity index is 1.68. The molecule has 1 N–H and O–H groups in total. The van der Waals surface area contributed by atoms with Crippen molar-refractivity contribution >= 4 is 23.4 Å². The van der Waals surface area contributed by atoms with Gasteiger partial charge in [-0.3, -0.25) is 0 Å². The first-order valence-corrected chi connectivity index (χ1v) is 7.74. The van der Waals surface area contributed by atoms with E-state index in [0.29, 0.717) is 17.1 Å². The Kier molecular flexibility index (Phi) is 5.76. The van der Waals surface area contributed by atoms with Gasteiger partial charge in [-0.15, -0.1) is 0 Å². The number of rotatable bonds is 5. The average Bonchev–Trinajstić information content (AvgIpc) is 2.38. The van der Waals surface area contributed by atoms with Crippen LogP contribution in [-0.2, 0) is 6.54 Å². The van der Waals surface area contributed by atoms with E-state index in [1.165, 1.54) is 30.7 Å². The van der Waals surface area contributed by atoms with Crippen molar-refractivity contribution in [1.82, 2.24) is 10.2 Å². The van der Waals surface area contributed by atoms with Crippen LogP contribution in [-0.4, -0.2) is 42.6 Å². The average molecular weight is 289 g/mol. The van der Waals surface area contributed by atoms with Crippen LogP contribution in [0.5, 0.6) is 0 Å². The molecule has 0 unspecified atom stereocenters. The molecular formula is C13H18ClFN2S. The molecule has 0 spiro atoms. The molecule has 1 heterocycles. The van der Waals surface area contributed by atoms with Crippen LogP contribution >= 0.6 is 23.4 Å². The Morgan fingerprint density at radius 3 is 2.83 bits per heavy atom. The second-order valence-corrected chi connectivity index (χ2v) is 6.03. The molecule has 1 fully saturated rings. The molecule has 5 heteroatoms. The molecule has 1 aromatic carbocycles. The fourth-order valence-corrected chi connectivity index (χ4v) is 3.09. The molecule has 0 bridgehead atoms. The summed E-state index contributed by atoms with van der Waals surface area (Å²) < 4.78 is 13.5. The van der Waals surface area contributed by atoms with E-state index in [0.717, 1.165) is 13.1 Å². The molecule has 2 nitrogen and oxygen atoms in total. The van der Waals surface area contributed by atoms with Gasteiger partial charge >= 0.3 is 0 Å². The number of nitrogens with zero attached hydrogens (tertiary/aromatic N) is 1. The van der Waals surface area contributed by atoms with Gasteiger partial charge in [0.1, 0.15) is 5.82 Å². The monoisotopic (exact) mass is 288 g/mol. The van der Waals surface area contributed by atoms with E-state index in [9.17, 15) is 4.39 Å². The summed E-state index contributed by atoms with van der Waals surface area (Å²) in [6.07, 6.45) is 0. The fraction of sp³-hybridized carbons (Fsp3) is 0.538. The second kappa shape index (κ2) is 7.34. The van der Waals surface area contributed by atoms with Gasteiger partial charge in [0, 0.05) is 54.8 Å². The summed E-state index contributed by atoms with van der Waals surface area (Å²) >= 11 is 7.72. The predicted octanol–water partition coefficient (Wildman–Crippen LogP) is 2.62. The van der Waals surface area contributed by atoms with Crippen LogP contribution in [0.25, 0.3) is 0 Å². The van der Waals surface area contributed by atoms with Crippen LogP contribution in [0.1, 0.15) is 5.56 Å². The van der Waals surface area contributed by atoms with Gasteiger partial charge in [0.25, 0.3) is 0 Å². The van der Waals surface area contributed by atoms with Crippen molar-refractivity contribution in [2.45, 2.75) is 6.54 Å². The van der Waals surface area contributed by atoms with Crippen molar-refractivity contribution in [3.63, 3.8) is 0 Å². The zero-order valence-electron chi connectivity index (χ0n) is 10.3. The highest BCUT2D eigenvalue weighted by atomic mass is 35.5. The van der Waals surface area contributed by atoms with Crippen LogP contribution in [0.4, 0.5) is 4.39 Å². The van der Waals surface area contributed by atoms with E-state index in [-0.39, 0.29) is 5.82 Å². The maximum Gasteiger partial charge on any atom is 0.129 e. The maximum absolute atomic E-state index is 13.5. The van der Waals surface area contributed by atoms with Crippen molar-refractivity contribution < 1.29 is 4.39 Å². The van der Waals surface area contributed by atoms with Gasteiger partial charge < -0.3 is 10.2 Å². The summed E-state index contributed by atoms with van der Waals surface area (Å²) in [5, 5.41) is 3.72. The summed E-state index contributed by atoms with van der Waals surface area (Å²) in [5.41, 5.74) is 0.675. The molecule has 0 aromatic heterocycles. The summed E-state index contributed by atoms with van der Waals surface area (Å²) in [6, 6.07) is 4.83. The first-order chi connectivity index (χ1) is 8.75. The van der Waals surface area contributed by atoms with E-state index in [4.69, 9.17) is 11.6 Å². The second-order valence-electron chi connectivity index (χ2n) is 4.37. The quantitative estimate of drug-likeness (QED) is 0.839. The smallest absolute Gasteiger partial charge is 0.129 e. The third-order valence-electron chi connectivity index (χ3n) is 3.04. The SMILES string of the molecule is Fc1cc(Cl)ccc1CNCCN1CCSCC1. The zero-order chi connectivity index (χ0) is 12.8. The van der Waals surface area contributed by atoms with E-state index in [1.54, 1.807) is 12.1 Å². The molecule has 100 valence electrons. The highest BCUT2D eigenvalue weighted by Crippen LogP contribution is 2.14. The number of hydrogen-bond donors (Lipinski definition) is 1. The molecule has 1 aliphatic rings. The third-order valence-corrected chi connectivity index (χ3v) is 4.22. The number of nitrogens with one attached hydrogen (secondary N) is 1. The van der Waals surface area contributed by atoms with Crippen molar-refractivity contribution in [1.29, 1.82) is 0 Å². The van der Waals surface area contributed by atoms with Crippen molar-refractivity contribution in [2.24, 2.45) is 0 Å². The lowest BCUT2D eigenvalue weighted by Gasteiger charge is -2.26. The zero-order valence-corrected chi connectivity index (χ0v) is 11.9. The normalized spacial score (nSPS) is 17.0. The molecule has 0 saturated carbocycles. The number of hydrogen-bond acceptors (Lipinski definition) is 3. The van der Waals surface area contributed by atoms with Crippen molar-refractivity contribution in [3.05, 3.63) is 34.6 Å². The van der Waals surface area contributed by atoms with E-state index >= 15 is 0 Å². The molecular weight excluding hydrogens is 271 g/mol. The van der Waals surface area contributed by atoms with E-state index < -0.39 is 0 Å². The Bertz CT molecular complexity index is 383. The minimum atomic E-state index is -0.232. The number of benzene rings is 1. The van der Waals surface area contributed by atoms with Crippen LogP contribution in [0.2, 0.25) is 5.02 Å². The fourth-order valence-electron chi connectivity index (χ4n) is 1.95. The molecule has 0 atom stereocenters. The van der Waals surface area contributed by atoms with Gasteiger partial charge in [0.15, 0.2) is 0 Å². The summed E-state index contributed by atoms with van der Waals surface area (Å²) in [4.78, 5) is 2.45. The Morgan fingerprint density at radius 1 is 1.33 bits per heavy atom. The largest absolute Gasteiger partial charge is 0.311 e. The maximum atomic E-state index is 13.5. The first kappa shape index (κ1) is 14.1. The van der Waals surface area contributed by atoms with Crippen LogP contribution < -0.4 is 5.32 Å². The molecule has 0 aliphatic carbocycles. The molecule has 0 amide bonds.